The Morgan fingerprint density at radius 2 is 1.86 bits per heavy atom. The van der Waals surface area contributed by atoms with E-state index in [9.17, 15) is 4.79 Å². The van der Waals surface area contributed by atoms with Crippen molar-refractivity contribution in [1.82, 2.24) is 9.80 Å². The quantitative estimate of drug-likeness (QED) is 0.756. The number of nitrogens with two attached hydrogens (primary N) is 1. The van der Waals surface area contributed by atoms with E-state index in [-0.39, 0.29) is 24.8 Å². The molecule has 0 aliphatic carbocycles. The molecule has 2 unspecified atom stereocenters. The number of unbranched alkanes of at least 4 members (excludes halogenated alkanes) is 3. The van der Waals surface area contributed by atoms with E-state index in [1.54, 1.807) is 0 Å². The van der Waals surface area contributed by atoms with Crippen LogP contribution in [0.4, 0.5) is 0 Å². The molecule has 0 aromatic rings. The Morgan fingerprint density at radius 3 is 2.57 bits per heavy atom. The standard InChI is InChI=1S/C15H29N3O.2ClH/c1-13-11-17-10-6-7-14(17)12-18(13)15(19)8-4-2-3-5-9-16;;/h13-14H,2-12,16H2,1H3;2*1H. The normalized spacial score (nSPS) is 25.0. The van der Waals surface area contributed by atoms with Gasteiger partial charge in [0.15, 0.2) is 0 Å². The summed E-state index contributed by atoms with van der Waals surface area (Å²) in [7, 11) is 0. The number of piperazine rings is 1. The lowest BCUT2D eigenvalue weighted by molar-refractivity contribution is -0.136. The second-order valence-electron chi connectivity index (χ2n) is 6.14. The van der Waals surface area contributed by atoms with Crippen molar-refractivity contribution in [3.63, 3.8) is 0 Å². The summed E-state index contributed by atoms with van der Waals surface area (Å²) < 4.78 is 0. The van der Waals surface area contributed by atoms with Gasteiger partial charge in [-0.2, -0.15) is 0 Å². The Morgan fingerprint density at radius 1 is 1.14 bits per heavy atom. The Bertz CT molecular complexity index is 305. The van der Waals surface area contributed by atoms with Crippen LogP contribution in [0.25, 0.3) is 0 Å². The molecule has 0 saturated carbocycles. The monoisotopic (exact) mass is 339 g/mol. The first-order chi connectivity index (χ1) is 9.22. The van der Waals surface area contributed by atoms with Crippen molar-refractivity contribution in [1.29, 1.82) is 0 Å². The van der Waals surface area contributed by atoms with Gasteiger partial charge in [-0.25, -0.2) is 0 Å². The third kappa shape index (κ3) is 5.93. The van der Waals surface area contributed by atoms with E-state index >= 15 is 0 Å². The fraction of sp³-hybridized carbons (Fsp3) is 0.933. The van der Waals surface area contributed by atoms with Gasteiger partial charge in [-0.05, 0) is 45.7 Å². The summed E-state index contributed by atoms with van der Waals surface area (Å²) in [5.74, 6) is 0.367. The molecule has 21 heavy (non-hydrogen) atoms. The van der Waals surface area contributed by atoms with Gasteiger partial charge in [0.1, 0.15) is 0 Å². The average Bonchev–Trinajstić information content (AvgIpc) is 2.84. The highest BCUT2D eigenvalue weighted by molar-refractivity contribution is 5.85. The largest absolute Gasteiger partial charge is 0.337 e. The van der Waals surface area contributed by atoms with Crippen LogP contribution in [0.15, 0.2) is 0 Å². The number of carbonyl (C=O) groups excluding carboxylic acids is 1. The molecule has 0 spiro atoms. The second-order valence-corrected chi connectivity index (χ2v) is 6.14. The molecule has 0 radical (unpaired) electrons. The molecule has 0 aromatic heterocycles. The van der Waals surface area contributed by atoms with Crippen molar-refractivity contribution >= 4 is 30.7 Å². The molecular formula is C15H31Cl2N3O. The van der Waals surface area contributed by atoms with Crippen LogP contribution in [0.5, 0.6) is 0 Å². The minimum atomic E-state index is 0. The van der Waals surface area contributed by atoms with Gasteiger partial charge in [-0.3, -0.25) is 9.69 Å². The number of hydrogen-bond donors (Lipinski definition) is 1. The molecule has 2 saturated heterocycles. The van der Waals surface area contributed by atoms with Crippen LogP contribution >= 0.6 is 24.8 Å². The summed E-state index contributed by atoms with van der Waals surface area (Å²) in [6.45, 7) is 6.23. The highest BCUT2D eigenvalue weighted by Gasteiger charge is 2.35. The van der Waals surface area contributed by atoms with Crippen LogP contribution in [0, 0.1) is 0 Å². The maximum atomic E-state index is 12.3. The van der Waals surface area contributed by atoms with Gasteiger partial charge in [-0.1, -0.05) is 12.8 Å². The van der Waals surface area contributed by atoms with Crippen LogP contribution in [0.2, 0.25) is 0 Å². The van der Waals surface area contributed by atoms with Crippen molar-refractivity contribution in [2.24, 2.45) is 5.73 Å². The first kappa shape index (κ1) is 21.0. The maximum absolute atomic E-state index is 12.3. The summed E-state index contributed by atoms with van der Waals surface area (Å²) in [4.78, 5) is 17.0. The Labute approximate surface area is 141 Å². The van der Waals surface area contributed by atoms with Crippen molar-refractivity contribution < 1.29 is 4.79 Å². The Balaban J connectivity index is 0.00000200. The molecule has 4 nitrogen and oxygen atoms in total. The molecule has 0 aromatic carbocycles. The number of carbonyl (C=O) groups is 1. The molecule has 2 rings (SSSR count). The van der Waals surface area contributed by atoms with Crippen molar-refractivity contribution in [2.45, 2.75) is 64.0 Å². The van der Waals surface area contributed by atoms with Crippen LogP contribution in [0.1, 0.15) is 51.9 Å². The maximum Gasteiger partial charge on any atom is 0.222 e. The number of nitrogens with zero attached hydrogens (tertiary/aromatic N) is 2. The summed E-state index contributed by atoms with van der Waals surface area (Å²) in [5.41, 5.74) is 5.48. The van der Waals surface area contributed by atoms with E-state index in [2.05, 4.69) is 16.7 Å². The van der Waals surface area contributed by atoms with E-state index in [1.165, 1.54) is 19.4 Å². The van der Waals surface area contributed by atoms with Crippen molar-refractivity contribution in [3.05, 3.63) is 0 Å². The predicted octanol–water partition coefficient (Wildman–Crippen LogP) is 2.43. The first-order valence-corrected chi connectivity index (χ1v) is 7.96. The van der Waals surface area contributed by atoms with E-state index < -0.39 is 0 Å². The number of hydrogen-bond acceptors (Lipinski definition) is 3. The topological polar surface area (TPSA) is 49.6 Å². The highest BCUT2D eigenvalue weighted by atomic mass is 35.5. The smallest absolute Gasteiger partial charge is 0.222 e. The highest BCUT2D eigenvalue weighted by Crippen LogP contribution is 2.25. The van der Waals surface area contributed by atoms with Crippen LogP contribution in [-0.2, 0) is 4.79 Å². The van der Waals surface area contributed by atoms with Gasteiger partial charge in [0.25, 0.3) is 0 Å². The van der Waals surface area contributed by atoms with Gasteiger partial charge in [0.2, 0.25) is 5.91 Å². The minimum Gasteiger partial charge on any atom is -0.337 e. The lowest BCUT2D eigenvalue weighted by Gasteiger charge is -2.42. The van der Waals surface area contributed by atoms with E-state index in [4.69, 9.17) is 5.73 Å². The summed E-state index contributed by atoms with van der Waals surface area (Å²) in [6.07, 6.45) is 7.71. The number of amides is 1. The summed E-state index contributed by atoms with van der Waals surface area (Å²) >= 11 is 0. The minimum absolute atomic E-state index is 0. The number of halogens is 2. The fourth-order valence-corrected chi connectivity index (χ4v) is 3.45. The molecule has 1 amide bonds. The zero-order chi connectivity index (χ0) is 13.7. The third-order valence-electron chi connectivity index (χ3n) is 4.60. The van der Waals surface area contributed by atoms with Crippen LogP contribution in [0.3, 0.4) is 0 Å². The molecule has 2 aliphatic rings. The summed E-state index contributed by atoms with van der Waals surface area (Å²) in [6, 6.07) is 1.03. The number of rotatable bonds is 6. The Kier molecular flexibility index (Phi) is 10.6. The van der Waals surface area contributed by atoms with Crippen molar-refractivity contribution in [2.75, 3.05) is 26.2 Å². The summed E-state index contributed by atoms with van der Waals surface area (Å²) in [5, 5.41) is 0. The number of fused-ring (bicyclic) bond motifs is 1. The van der Waals surface area contributed by atoms with Gasteiger partial charge < -0.3 is 10.6 Å². The molecule has 2 N–H and O–H groups in total. The molecule has 2 aliphatic heterocycles. The van der Waals surface area contributed by atoms with Crippen LogP contribution in [-0.4, -0.2) is 54.0 Å². The van der Waals surface area contributed by atoms with E-state index in [0.29, 0.717) is 18.0 Å². The van der Waals surface area contributed by atoms with Gasteiger partial charge in [-0.15, -0.1) is 24.8 Å². The van der Waals surface area contributed by atoms with Crippen LogP contribution < -0.4 is 5.73 Å². The van der Waals surface area contributed by atoms with Gasteiger partial charge in [0, 0.05) is 31.6 Å². The zero-order valence-corrected chi connectivity index (χ0v) is 14.8. The van der Waals surface area contributed by atoms with Crippen molar-refractivity contribution in [3.8, 4) is 0 Å². The Hall–Kier alpha value is -0.0300. The fourth-order valence-electron chi connectivity index (χ4n) is 3.45. The predicted molar refractivity (Wildman–Crippen MR) is 92.4 cm³/mol. The third-order valence-corrected chi connectivity index (χ3v) is 4.60. The zero-order valence-electron chi connectivity index (χ0n) is 13.1. The SMILES string of the molecule is CC1CN2CCCC2CN1C(=O)CCCCCCN.Cl.Cl. The van der Waals surface area contributed by atoms with E-state index in [0.717, 1.165) is 51.7 Å². The molecule has 2 fully saturated rings. The molecular weight excluding hydrogens is 309 g/mol. The van der Waals surface area contributed by atoms with E-state index in [1.807, 2.05) is 0 Å². The lowest BCUT2D eigenvalue weighted by Crippen LogP contribution is -2.56. The molecule has 2 atom stereocenters. The molecule has 6 heteroatoms. The first-order valence-electron chi connectivity index (χ1n) is 7.96. The second kappa shape index (κ2) is 10.7. The van der Waals surface area contributed by atoms with Gasteiger partial charge in [0.05, 0.1) is 0 Å². The molecule has 126 valence electrons. The lowest BCUT2D eigenvalue weighted by atomic mass is 10.1. The molecule has 2 heterocycles. The van der Waals surface area contributed by atoms with Gasteiger partial charge >= 0.3 is 0 Å². The molecule has 0 bridgehead atoms. The average molecular weight is 340 g/mol.